The van der Waals surface area contributed by atoms with Crippen molar-refractivity contribution in [2.75, 3.05) is 0 Å². The molecule has 0 aromatic heterocycles. The van der Waals surface area contributed by atoms with Crippen molar-refractivity contribution in [3.63, 3.8) is 0 Å². The maximum atomic E-state index is 9.00. The number of halogens is 4. The second-order valence-electron chi connectivity index (χ2n) is 0.948. The zero-order valence-corrected chi connectivity index (χ0v) is 11.1. The number of hydrogen-bond donors (Lipinski definition) is 1. The molecular formula is C2H6Cl4MgO2Ti. The van der Waals surface area contributed by atoms with Crippen molar-refractivity contribution in [2.45, 2.75) is 6.92 Å². The van der Waals surface area contributed by atoms with E-state index >= 15 is 0 Å². The Kier molecular flexibility index (Phi) is 16.6. The summed E-state index contributed by atoms with van der Waals surface area (Å²) in [6, 6.07) is 0. The first-order chi connectivity index (χ1) is 3.73. The van der Waals surface area contributed by atoms with Gasteiger partial charge in [0.05, 0.1) is 0 Å². The fourth-order valence-electron chi connectivity index (χ4n) is 0. The molecule has 0 aliphatic carbocycles. The van der Waals surface area contributed by atoms with Gasteiger partial charge in [0, 0.05) is 6.92 Å². The molecule has 0 saturated heterocycles. The number of rotatable bonds is 0. The molecule has 0 radical (unpaired) electrons. The molecule has 0 aromatic rings. The second-order valence-corrected chi connectivity index (χ2v) is 16.4. The molecule has 1 N–H and O–H groups in total. The Hall–Kier alpha value is 2.11. The van der Waals surface area contributed by atoms with Gasteiger partial charge in [-0.05, 0) is 0 Å². The Bertz CT molecular complexity index is 91.5. The molecule has 0 aromatic carbocycles. The van der Waals surface area contributed by atoms with Crippen LogP contribution in [0, 0.1) is 0 Å². The van der Waals surface area contributed by atoms with E-state index in [1.807, 2.05) is 0 Å². The number of aliphatic carboxylic acids is 1. The maximum absolute atomic E-state index is 9.00. The van der Waals surface area contributed by atoms with Crippen molar-refractivity contribution in [3.8, 4) is 0 Å². The van der Waals surface area contributed by atoms with Gasteiger partial charge in [0.25, 0.3) is 5.97 Å². The van der Waals surface area contributed by atoms with Crippen molar-refractivity contribution in [1.82, 2.24) is 0 Å². The molecule has 0 atom stereocenters. The van der Waals surface area contributed by atoms with Crippen molar-refractivity contribution in [3.05, 3.63) is 0 Å². The van der Waals surface area contributed by atoms with Gasteiger partial charge in [-0.25, -0.2) is 0 Å². The zero-order valence-electron chi connectivity index (χ0n) is 7.07. The Balaban J connectivity index is -0.0000000221. The van der Waals surface area contributed by atoms with E-state index in [4.69, 9.17) is 47.1 Å². The van der Waals surface area contributed by atoms with E-state index in [-0.39, 0.29) is 25.9 Å². The van der Waals surface area contributed by atoms with E-state index < -0.39 is 18.3 Å². The first-order valence-electron chi connectivity index (χ1n) is 1.68. The topological polar surface area (TPSA) is 37.3 Å². The fraction of sp³-hybridized carbons (Fsp3) is 0.500. The monoisotopic (exact) mass is 274 g/mol. The van der Waals surface area contributed by atoms with Gasteiger partial charge in [-0.1, -0.05) is 0 Å². The molecule has 0 saturated carbocycles. The smallest absolute Gasteiger partial charge is 1.00 e. The zero-order chi connectivity index (χ0) is 8.08. The van der Waals surface area contributed by atoms with Crippen LogP contribution in [0.4, 0.5) is 0 Å². The van der Waals surface area contributed by atoms with Crippen LogP contribution >= 0.6 is 37.2 Å². The summed E-state index contributed by atoms with van der Waals surface area (Å²) in [5.74, 6) is -0.833. The number of carbonyl (C=O) groups is 1. The molecule has 0 aliphatic rings. The van der Waals surface area contributed by atoms with Crippen molar-refractivity contribution in [1.29, 1.82) is 0 Å². The molecule has 10 heavy (non-hydrogen) atoms. The normalized spacial score (nSPS) is 8.50. The minimum atomic E-state index is -3.11. The summed E-state index contributed by atoms with van der Waals surface area (Å²) in [4.78, 5) is 9.00. The van der Waals surface area contributed by atoms with Crippen LogP contribution in [0.3, 0.4) is 0 Å². The van der Waals surface area contributed by atoms with Gasteiger partial charge in [0.2, 0.25) is 0 Å². The molecule has 8 heteroatoms. The van der Waals surface area contributed by atoms with Crippen molar-refractivity contribution >= 4 is 66.2 Å². The van der Waals surface area contributed by atoms with E-state index in [1.54, 1.807) is 0 Å². The van der Waals surface area contributed by atoms with E-state index in [2.05, 4.69) is 0 Å². The molecule has 0 rings (SSSR count). The SMILES string of the molecule is CC(=O)O.[Cl][Ti]([Cl])([Cl])[Cl].[H-].[H-].[Mg+2]. The summed E-state index contributed by atoms with van der Waals surface area (Å²) in [6.07, 6.45) is 0. The van der Waals surface area contributed by atoms with Crippen LogP contribution in [0.2, 0.25) is 0 Å². The molecule has 0 heterocycles. The van der Waals surface area contributed by atoms with Crippen molar-refractivity contribution in [2.24, 2.45) is 0 Å². The molecule has 0 spiro atoms. The second kappa shape index (κ2) is 9.20. The number of carboxylic acid groups (broad SMARTS) is 1. The molecular weight excluding hydrogens is 270 g/mol. The van der Waals surface area contributed by atoms with Crippen LogP contribution in [0.25, 0.3) is 0 Å². The van der Waals surface area contributed by atoms with E-state index in [0.717, 1.165) is 6.92 Å². The third-order valence-corrected chi connectivity index (χ3v) is 0. The summed E-state index contributed by atoms with van der Waals surface area (Å²) in [7, 11) is 20.1. The standard InChI is InChI=1S/C2H4O2.4ClH.Mg.Ti.2H/c1-2(3)4;;;;;;;;/h1H3,(H,3,4);4*1H;;;;/q;;;;;+2;+4;2*-1/p-4. The quantitative estimate of drug-likeness (QED) is 0.691. The van der Waals surface area contributed by atoms with Crippen LogP contribution in [0.15, 0.2) is 0 Å². The Morgan fingerprint density at radius 2 is 1.40 bits per heavy atom. The molecule has 0 unspecified atom stereocenters. The third kappa shape index (κ3) is 188. The van der Waals surface area contributed by atoms with Crippen LogP contribution in [0.5, 0.6) is 0 Å². The van der Waals surface area contributed by atoms with Crippen LogP contribution < -0.4 is 0 Å². The summed E-state index contributed by atoms with van der Waals surface area (Å²) in [5.41, 5.74) is 0. The molecule has 0 aliphatic heterocycles. The molecule has 0 amide bonds. The fourth-order valence-corrected chi connectivity index (χ4v) is 0. The van der Waals surface area contributed by atoms with Gasteiger partial charge < -0.3 is 7.96 Å². The van der Waals surface area contributed by atoms with Gasteiger partial charge in [-0.2, -0.15) is 0 Å². The van der Waals surface area contributed by atoms with Gasteiger partial charge in [0.15, 0.2) is 0 Å². The van der Waals surface area contributed by atoms with E-state index in [0.29, 0.717) is 0 Å². The summed E-state index contributed by atoms with van der Waals surface area (Å²) in [6.45, 7) is 1.08. The third-order valence-electron chi connectivity index (χ3n) is 0. The average Bonchev–Trinajstić information content (AvgIpc) is 1.19. The average molecular weight is 276 g/mol. The summed E-state index contributed by atoms with van der Waals surface area (Å²) >= 11 is -3.11. The van der Waals surface area contributed by atoms with E-state index in [9.17, 15) is 0 Å². The van der Waals surface area contributed by atoms with Gasteiger partial charge in [0.1, 0.15) is 0 Å². The Morgan fingerprint density at radius 1 is 1.40 bits per heavy atom. The summed E-state index contributed by atoms with van der Waals surface area (Å²) < 4.78 is 0. The van der Waals surface area contributed by atoms with Gasteiger partial charge >= 0.3 is 72.6 Å². The predicted molar refractivity (Wildman–Crippen MR) is 44.7 cm³/mol. The molecule has 0 fully saturated rings. The Labute approximate surface area is 97.1 Å². The van der Waals surface area contributed by atoms with Crippen LogP contribution in [-0.4, -0.2) is 34.1 Å². The molecule has 2 nitrogen and oxygen atoms in total. The Morgan fingerprint density at radius 3 is 1.40 bits per heavy atom. The predicted octanol–water partition coefficient (Wildman–Crippen LogP) is 2.69. The van der Waals surface area contributed by atoms with E-state index in [1.165, 1.54) is 0 Å². The van der Waals surface area contributed by atoms with Crippen LogP contribution in [0.1, 0.15) is 9.78 Å². The van der Waals surface area contributed by atoms with Gasteiger partial charge in [-0.15, -0.1) is 0 Å². The molecule has 0 bridgehead atoms. The summed E-state index contributed by atoms with van der Waals surface area (Å²) in [5, 5.41) is 7.42. The maximum Gasteiger partial charge on any atom is 2.00 e. The number of hydrogen-bond acceptors (Lipinski definition) is 1. The molecule has 60 valence electrons. The van der Waals surface area contributed by atoms with Crippen LogP contribution in [-0.2, 0) is 17.1 Å². The minimum Gasteiger partial charge on any atom is -1.00 e. The largest absolute Gasteiger partial charge is 2.00 e. The van der Waals surface area contributed by atoms with Crippen molar-refractivity contribution < 1.29 is 25.1 Å². The first-order valence-corrected chi connectivity index (χ1v) is 10.3. The van der Waals surface area contributed by atoms with Gasteiger partial charge in [-0.3, -0.25) is 4.79 Å². The number of carboxylic acids is 1. The first kappa shape index (κ1) is 18.0. The minimum absolute atomic E-state index is 0.